The Balaban J connectivity index is 1.90. The average Bonchev–Trinajstić information content (AvgIpc) is 2.94. The number of fused-ring (bicyclic) bond motifs is 1. The molecule has 0 amide bonds. The Bertz CT molecular complexity index is 734. The SMILES string of the molecule is CNc1nc(NCc2ncccc2C)c2cn[nH]c2n1. The molecule has 20 heavy (non-hydrogen) atoms. The summed E-state index contributed by atoms with van der Waals surface area (Å²) in [6, 6.07) is 3.97. The summed E-state index contributed by atoms with van der Waals surface area (Å²) >= 11 is 0. The highest BCUT2D eigenvalue weighted by atomic mass is 15.2. The summed E-state index contributed by atoms with van der Waals surface area (Å²) < 4.78 is 0. The van der Waals surface area contributed by atoms with Gasteiger partial charge in [0.1, 0.15) is 5.82 Å². The number of aryl methyl sites for hydroxylation is 1. The first-order chi connectivity index (χ1) is 9.78. The van der Waals surface area contributed by atoms with Gasteiger partial charge in [-0.1, -0.05) is 6.07 Å². The lowest BCUT2D eigenvalue weighted by atomic mass is 10.2. The van der Waals surface area contributed by atoms with Gasteiger partial charge < -0.3 is 10.6 Å². The Morgan fingerprint density at radius 3 is 3.00 bits per heavy atom. The summed E-state index contributed by atoms with van der Waals surface area (Å²) in [7, 11) is 1.78. The first kappa shape index (κ1) is 12.3. The molecule has 102 valence electrons. The molecule has 0 unspecified atom stereocenters. The van der Waals surface area contributed by atoms with Gasteiger partial charge in [-0.15, -0.1) is 0 Å². The number of nitrogens with zero attached hydrogens (tertiary/aromatic N) is 4. The maximum Gasteiger partial charge on any atom is 0.226 e. The quantitative estimate of drug-likeness (QED) is 0.668. The van der Waals surface area contributed by atoms with Gasteiger partial charge in [-0.25, -0.2) is 0 Å². The summed E-state index contributed by atoms with van der Waals surface area (Å²) in [5.74, 6) is 1.28. The number of aromatic amines is 1. The van der Waals surface area contributed by atoms with E-state index in [1.165, 1.54) is 0 Å². The highest BCUT2D eigenvalue weighted by Gasteiger charge is 2.09. The van der Waals surface area contributed by atoms with Gasteiger partial charge in [-0.2, -0.15) is 15.1 Å². The van der Waals surface area contributed by atoms with Gasteiger partial charge in [0.2, 0.25) is 5.95 Å². The minimum absolute atomic E-state index is 0.544. The van der Waals surface area contributed by atoms with E-state index in [4.69, 9.17) is 0 Å². The number of rotatable bonds is 4. The molecule has 0 aliphatic carbocycles. The fraction of sp³-hybridized carbons (Fsp3) is 0.231. The van der Waals surface area contributed by atoms with Crippen molar-refractivity contribution in [1.82, 2.24) is 25.1 Å². The van der Waals surface area contributed by atoms with Crippen LogP contribution in [0.4, 0.5) is 11.8 Å². The van der Waals surface area contributed by atoms with E-state index >= 15 is 0 Å². The summed E-state index contributed by atoms with van der Waals surface area (Å²) in [6.45, 7) is 2.64. The summed E-state index contributed by atoms with van der Waals surface area (Å²) in [6.07, 6.45) is 3.50. The number of aromatic nitrogens is 5. The van der Waals surface area contributed by atoms with Crippen molar-refractivity contribution in [1.29, 1.82) is 0 Å². The minimum atomic E-state index is 0.544. The largest absolute Gasteiger partial charge is 0.364 e. The van der Waals surface area contributed by atoms with Crippen molar-refractivity contribution in [2.45, 2.75) is 13.5 Å². The highest BCUT2D eigenvalue weighted by molar-refractivity contribution is 5.86. The third-order valence-corrected chi connectivity index (χ3v) is 3.07. The van der Waals surface area contributed by atoms with Crippen LogP contribution in [0.5, 0.6) is 0 Å². The first-order valence-corrected chi connectivity index (χ1v) is 6.31. The van der Waals surface area contributed by atoms with E-state index in [0.29, 0.717) is 18.1 Å². The van der Waals surface area contributed by atoms with Crippen molar-refractivity contribution in [2.75, 3.05) is 17.7 Å². The van der Waals surface area contributed by atoms with Crippen molar-refractivity contribution < 1.29 is 0 Å². The van der Waals surface area contributed by atoms with E-state index in [1.54, 1.807) is 19.4 Å². The van der Waals surface area contributed by atoms with Gasteiger partial charge >= 0.3 is 0 Å². The first-order valence-electron chi connectivity index (χ1n) is 6.31. The molecule has 0 saturated carbocycles. The van der Waals surface area contributed by atoms with Crippen molar-refractivity contribution >= 4 is 22.8 Å². The molecule has 0 bridgehead atoms. The molecule has 3 N–H and O–H groups in total. The molecule has 0 fully saturated rings. The van der Waals surface area contributed by atoms with Gasteiger partial charge in [-0.3, -0.25) is 10.1 Å². The van der Waals surface area contributed by atoms with Crippen LogP contribution >= 0.6 is 0 Å². The fourth-order valence-corrected chi connectivity index (χ4v) is 1.95. The molecule has 0 saturated heterocycles. The summed E-state index contributed by atoms with van der Waals surface area (Å²) in [5.41, 5.74) is 2.84. The molecule has 3 aromatic heterocycles. The van der Waals surface area contributed by atoms with Crippen LogP contribution in [-0.4, -0.2) is 32.2 Å². The van der Waals surface area contributed by atoms with Gasteiger partial charge in [0.05, 0.1) is 23.8 Å². The molecule has 0 radical (unpaired) electrons. The third-order valence-electron chi connectivity index (χ3n) is 3.07. The van der Waals surface area contributed by atoms with Gasteiger partial charge in [0, 0.05) is 13.2 Å². The Kier molecular flexibility index (Phi) is 3.16. The minimum Gasteiger partial charge on any atom is -0.364 e. The standard InChI is InChI=1S/C13H15N7/c1-8-4-3-5-15-10(8)7-16-11-9-6-17-20-12(9)19-13(14-2)18-11/h3-6H,7H2,1-2H3,(H3,14,16,17,18,19,20). The van der Waals surface area contributed by atoms with E-state index in [9.17, 15) is 0 Å². The predicted molar refractivity (Wildman–Crippen MR) is 77.5 cm³/mol. The van der Waals surface area contributed by atoms with E-state index in [0.717, 1.165) is 22.5 Å². The van der Waals surface area contributed by atoms with E-state index in [1.807, 2.05) is 19.1 Å². The molecule has 0 aromatic carbocycles. The molecule has 0 aliphatic heterocycles. The van der Waals surface area contributed by atoms with Gasteiger partial charge in [0.25, 0.3) is 0 Å². The second-order valence-electron chi connectivity index (χ2n) is 4.40. The number of anilines is 2. The topological polar surface area (TPSA) is 91.4 Å². The lowest BCUT2D eigenvalue weighted by molar-refractivity contribution is 1.00. The zero-order valence-electron chi connectivity index (χ0n) is 11.3. The molecule has 0 atom stereocenters. The van der Waals surface area contributed by atoms with Crippen LogP contribution in [0.25, 0.3) is 11.0 Å². The Morgan fingerprint density at radius 2 is 2.20 bits per heavy atom. The predicted octanol–water partition coefficient (Wildman–Crippen LogP) is 1.71. The fourth-order valence-electron chi connectivity index (χ4n) is 1.95. The molecular formula is C13H15N7. The van der Waals surface area contributed by atoms with Crippen LogP contribution in [0.2, 0.25) is 0 Å². The molecule has 7 heteroatoms. The van der Waals surface area contributed by atoms with Gasteiger partial charge in [-0.05, 0) is 18.6 Å². The van der Waals surface area contributed by atoms with Crippen LogP contribution in [0.1, 0.15) is 11.3 Å². The van der Waals surface area contributed by atoms with E-state index in [-0.39, 0.29) is 0 Å². The van der Waals surface area contributed by atoms with Crippen LogP contribution in [0.3, 0.4) is 0 Å². The molecular weight excluding hydrogens is 254 g/mol. The van der Waals surface area contributed by atoms with E-state index < -0.39 is 0 Å². The summed E-state index contributed by atoms with van der Waals surface area (Å²) in [4.78, 5) is 13.1. The molecule has 0 aliphatic rings. The summed E-state index contributed by atoms with van der Waals surface area (Å²) in [5, 5.41) is 13.9. The second kappa shape index (κ2) is 5.12. The zero-order valence-corrected chi connectivity index (χ0v) is 11.3. The third kappa shape index (κ3) is 2.25. The smallest absolute Gasteiger partial charge is 0.226 e. The van der Waals surface area contributed by atoms with Crippen molar-refractivity contribution in [3.8, 4) is 0 Å². The molecule has 3 heterocycles. The molecule has 0 spiro atoms. The Hall–Kier alpha value is -2.70. The van der Waals surface area contributed by atoms with Crippen LogP contribution in [0, 0.1) is 6.92 Å². The van der Waals surface area contributed by atoms with E-state index in [2.05, 4.69) is 35.8 Å². The maximum atomic E-state index is 4.42. The Morgan fingerprint density at radius 1 is 1.30 bits per heavy atom. The lowest BCUT2D eigenvalue weighted by Gasteiger charge is -2.09. The molecule has 7 nitrogen and oxygen atoms in total. The zero-order chi connectivity index (χ0) is 13.9. The highest BCUT2D eigenvalue weighted by Crippen LogP contribution is 2.20. The van der Waals surface area contributed by atoms with Crippen molar-refractivity contribution in [3.05, 3.63) is 35.8 Å². The molecule has 3 rings (SSSR count). The van der Waals surface area contributed by atoms with Crippen molar-refractivity contribution in [3.63, 3.8) is 0 Å². The number of hydrogen-bond donors (Lipinski definition) is 3. The van der Waals surface area contributed by atoms with Crippen molar-refractivity contribution in [2.24, 2.45) is 0 Å². The monoisotopic (exact) mass is 269 g/mol. The number of H-pyrrole nitrogens is 1. The van der Waals surface area contributed by atoms with Crippen LogP contribution < -0.4 is 10.6 Å². The van der Waals surface area contributed by atoms with Crippen LogP contribution in [-0.2, 0) is 6.54 Å². The average molecular weight is 269 g/mol. The number of hydrogen-bond acceptors (Lipinski definition) is 6. The second-order valence-corrected chi connectivity index (χ2v) is 4.40. The van der Waals surface area contributed by atoms with Crippen LogP contribution in [0.15, 0.2) is 24.5 Å². The maximum absolute atomic E-state index is 4.42. The Labute approximate surface area is 115 Å². The lowest BCUT2D eigenvalue weighted by Crippen LogP contribution is -2.07. The number of pyridine rings is 1. The molecule has 3 aromatic rings. The number of nitrogens with one attached hydrogen (secondary N) is 3. The normalized spacial score (nSPS) is 10.7. The van der Waals surface area contributed by atoms with Gasteiger partial charge in [0.15, 0.2) is 5.65 Å².